The van der Waals surface area contributed by atoms with Crippen LogP contribution in [0.25, 0.3) is 0 Å². The van der Waals surface area contributed by atoms with Gasteiger partial charge in [-0.3, -0.25) is 14.7 Å². The maximum Gasteiger partial charge on any atom is 0.414 e. The number of rotatable bonds is 6. The number of hydrogen-bond donors (Lipinski definition) is 1. The van der Waals surface area contributed by atoms with Crippen molar-refractivity contribution in [2.24, 2.45) is 0 Å². The van der Waals surface area contributed by atoms with E-state index in [9.17, 15) is 14.0 Å². The van der Waals surface area contributed by atoms with Crippen LogP contribution < -0.4 is 10.2 Å². The molecule has 1 unspecified atom stereocenters. The lowest BCUT2D eigenvalue weighted by Crippen LogP contribution is -2.38. The molecule has 0 saturated heterocycles. The molecule has 0 bridgehead atoms. The van der Waals surface area contributed by atoms with Gasteiger partial charge in [0, 0.05) is 19.2 Å². The number of hydrogen-bond acceptors (Lipinski definition) is 5. The van der Waals surface area contributed by atoms with E-state index in [1.165, 1.54) is 24.3 Å². The summed E-state index contributed by atoms with van der Waals surface area (Å²) in [6, 6.07) is 8.64. The zero-order valence-electron chi connectivity index (χ0n) is 17.4. The fourth-order valence-electron chi connectivity index (χ4n) is 3.36. The highest BCUT2D eigenvalue weighted by atomic mass is 19.1. The van der Waals surface area contributed by atoms with Gasteiger partial charge >= 0.3 is 6.09 Å². The van der Waals surface area contributed by atoms with Gasteiger partial charge in [0.25, 0.3) is 5.91 Å². The molecule has 1 N–H and O–H groups in total. The summed E-state index contributed by atoms with van der Waals surface area (Å²) in [5, 5.41) is 2.87. The first-order chi connectivity index (χ1) is 14.4. The molecule has 0 aliphatic carbocycles. The third kappa shape index (κ3) is 5.13. The SMILES string of the molecule is COC[C@H](C)OC(=O)N1CCCc2nc(C(C)NC(=O)c3ccc(F)cc3)ccc21. The molecule has 1 aliphatic heterocycles. The van der Waals surface area contributed by atoms with Gasteiger partial charge in [-0.2, -0.15) is 0 Å². The normalized spacial score (nSPS) is 15.1. The van der Waals surface area contributed by atoms with E-state index >= 15 is 0 Å². The molecular formula is C22H26FN3O4. The Hall–Kier alpha value is -3.00. The number of anilines is 1. The summed E-state index contributed by atoms with van der Waals surface area (Å²) in [6.07, 6.45) is 0.738. The van der Waals surface area contributed by atoms with E-state index in [1.54, 1.807) is 25.0 Å². The molecule has 2 aromatic rings. The predicted molar refractivity (Wildman–Crippen MR) is 110 cm³/mol. The Kier molecular flexibility index (Phi) is 6.99. The molecule has 30 heavy (non-hydrogen) atoms. The highest BCUT2D eigenvalue weighted by Crippen LogP contribution is 2.28. The van der Waals surface area contributed by atoms with Gasteiger partial charge < -0.3 is 14.8 Å². The van der Waals surface area contributed by atoms with Gasteiger partial charge in [0.05, 0.1) is 29.7 Å². The van der Waals surface area contributed by atoms with Gasteiger partial charge in [-0.1, -0.05) is 0 Å². The highest BCUT2D eigenvalue weighted by Gasteiger charge is 2.27. The van der Waals surface area contributed by atoms with Crippen molar-refractivity contribution in [3.05, 3.63) is 59.2 Å². The summed E-state index contributed by atoms with van der Waals surface area (Å²) in [5.74, 6) is -0.699. The molecule has 0 fully saturated rings. The molecule has 160 valence electrons. The Morgan fingerprint density at radius 1 is 1.20 bits per heavy atom. The number of aryl methyl sites for hydroxylation is 1. The van der Waals surface area contributed by atoms with Crippen molar-refractivity contribution in [1.82, 2.24) is 10.3 Å². The van der Waals surface area contributed by atoms with E-state index in [-0.39, 0.29) is 18.1 Å². The molecular weight excluding hydrogens is 389 g/mol. The molecule has 0 spiro atoms. The smallest absolute Gasteiger partial charge is 0.414 e. The standard InChI is InChI=1S/C22H26FN3O4/c1-14(13-29-3)30-22(28)26-12-4-5-19-20(26)11-10-18(25-19)15(2)24-21(27)16-6-8-17(23)9-7-16/h6-11,14-15H,4-5,12-13H2,1-3H3,(H,24,27)/t14-,15?/m0/s1. The van der Waals surface area contributed by atoms with Gasteiger partial charge in [-0.05, 0) is 63.1 Å². The van der Waals surface area contributed by atoms with Crippen LogP contribution in [0.4, 0.5) is 14.9 Å². The van der Waals surface area contributed by atoms with Crippen LogP contribution in [0.3, 0.4) is 0 Å². The monoisotopic (exact) mass is 415 g/mol. The summed E-state index contributed by atoms with van der Waals surface area (Å²) >= 11 is 0. The molecule has 1 aromatic carbocycles. The summed E-state index contributed by atoms with van der Waals surface area (Å²) in [7, 11) is 1.56. The lowest BCUT2D eigenvalue weighted by Gasteiger charge is -2.29. The fraction of sp³-hybridized carbons (Fsp3) is 0.409. The number of ether oxygens (including phenoxy) is 2. The lowest BCUT2D eigenvalue weighted by atomic mass is 10.1. The van der Waals surface area contributed by atoms with Crippen LogP contribution in [0, 0.1) is 5.82 Å². The number of halogens is 1. The summed E-state index contributed by atoms with van der Waals surface area (Å²) in [6.45, 7) is 4.49. The van der Waals surface area contributed by atoms with Gasteiger partial charge in [-0.25, -0.2) is 9.18 Å². The van der Waals surface area contributed by atoms with Crippen molar-refractivity contribution in [2.45, 2.75) is 38.8 Å². The number of pyridine rings is 1. The number of aromatic nitrogens is 1. The second-order valence-corrected chi connectivity index (χ2v) is 7.31. The zero-order valence-corrected chi connectivity index (χ0v) is 17.4. The first-order valence-electron chi connectivity index (χ1n) is 9.92. The van der Waals surface area contributed by atoms with Crippen LogP contribution in [0.1, 0.15) is 48.1 Å². The number of benzene rings is 1. The van der Waals surface area contributed by atoms with Crippen LogP contribution in [-0.4, -0.2) is 43.3 Å². The molecule has 2 heterocycles. The maximum absolute atomic E-state index is 13.0. The molecule has 7 nitrogen and oxygen atoms in total. The Bertz CT molecular complexity index is 904. The number of amides is 2. The summed E-state index contributed by atoms with van der Waals surface area (Å²) in [4.78, 5) is 31.2. The van der Waals surface area contributed by atoms with E-state index in [4.69, 9.17) is 9.47 Å². The second kappa shape index (κ2) is 9.67. The van der Waals surface area contributed by atoms with Gasteiger partial charge in [0.2, 0.25) is 0 Å². The largest absolute Gasteiger partial charge is 0.444 e. The van der Waals surface area contributed by atoms with Crippen molar-refractivity contribution < 1.29 is 23.5 Å². The topological polar surface area (TPSA) is 80.8 Å². The molecule has 8 heteroatoms. The van der Waals surface area contributed by atoms with Gasteiger partial charge in [0.1, 0.15) is 11.9 Å². The molecule has 1 aromatic heterocycles. The van der Waals surface area contributed by atoms with Crippen molar-refractivity contribution in [3.63, 3.8) is 0 Å². The fourth-order valence-corrected chi connectivity index (χ4v) is 3.36. The van der Waals surface area contributed by atoms with Crippen molar-refractivity contribution >= 4 is 17.7 Å². The Labute approximate surface area is 175 Å². The van der Waals surface area contributed by atoms with Gasteiger partial charge in [-0.15, -0.1) is 0 Å². The molecule has 2 atom stereocenters. The van der Waals surface area contributed by atoms with E-state index in [0.29, 0.717) is 24.4 Å². The minimum Gasteiger partial charge on any atom is -0.444 e. The number of carbonyl (C=O) groups excluding carboxylic acids is 2. The van der Waals surface area contributed by atoms with Gasteiger partial charge in [0.15, 0.2) is 0 Å². The van der Waals surface area contributed by atoms with Crippen LogP contribution in [0.15, 0.2) is 36.4 Å². The van der Waals surface area contributed by atoms with E-state index in [1.807, 2.05) is 13.0 Å². The van der Waals surface area contributed by atoms with Crippen LogP contribution in [0.2, 0.25) is 0 Å². The molecule has 1 aliphatic rings. The molecule has 0 saturated carbocycles. The molecule has 3 rings (SSSR count). The minimum atomic E-state index is -0.423. The predicted octanol–water partition coefficient (Wildman–Crippen LogP) is 3.64. The van der Waals surface area contributed by atoms with Crippen LogP contribution in [0.5, 0.6) is 0 Å². The quantitative estimate of drug-likeness (QED) is 0.779. The van der Waals surface area contributed by atoms with Crippen LogP contribution >= 0.6 is 0 Å². The highest BCUT2D eigenvalue weighted by molar-refractivity contribution is 5.94. The lowest BCUT2D eigenvalue weighted by molar-refractivity contribution is 0.0525. The maximum atomic E-state index is 13.0. The molecule has 2 amide bonds. The third-order valence-electron chi connectivity index (χ3n) is 4.88. The first-order valence-corrected chi connectivity index (χ1v) is 9.92. The number of nitrogens with zero attached hydrogens (tertiary/aromatic N) is 2. The minimum absolute atomic E-state index is 0.306. The van der Waals surface area contributed by atoms with Crippen LogP contribution in [-0.2, 0) is 15.9 Å². The second-order valence-electron chi connectivity index (χ2n) is 7.31. The summed E-state index contributed by atoms with van der Waals surface area (Å²) in [5.41, 5.74) is 2.57. The van der Waals surface area contributed by atoms with E-state index < -0.39 is 11.9 Å². The van der Waals surface area contributed by atoms with E-state index in [2.05, 4.69) is 10.3 Å². The number of fused-ring (bicyclic) bond motifs is 1. The number of nitrogens with one attached hydrogen (secondary N) is 1. The first kappa shape index (κ1) is 21.7. The van der Waals surface area contributed by atoms with Crippen molar-refractivity contribution in [2.75, 3.05) is 25.2 Å². The number of carbonyl (C=O) groups is 2. The van der Waals surface area contributed by atoms with Crippen molar-refractivity contribution in [3.8, 4) is 0 Å². The number of methoxy groups -OCH3 is 1. The Morgan fingerprint density at radius 3 is 2.63 bits per heavy atom. The molecule has 0 radical (unpaired) electrons. The van der Waals surface area contributed by atoms with E-state index in [0.717, 1.165) is 24.2 Å². The Balaban J connectivity index is 1.71. The zero-order chi connectivity index (χ0) is 21.7. The average molecular weight is 415 g/mol. The average Bonchev–Trinajstić information content (AvgIpc) is 2.73. The van der Waals surface area contributed by atoms with Crippen molar-refractivity contribution in [1.29, 1.82) is 0 Å². The third-order valence-corrected chi connectivity index (χ3v) is 4.88. The summed E-state index contributed by atoms with van der Waals surface area (Å²) < 4.78 is 23.5. The Morgan fingerprint density at radius 2 is 1.93 bits per heavy atom.